The lowest BCUT2D eigenvalue weighted by Crippen LogP contribution is -2.29. The number of hydrogen-bond acceptors (Lipinski definition) is 4. The van der Waals surface area contributed by atoms with Crippen molar-refractivity contribution in [3.05, 3.63) is 28.8 Å². The van der Waals surface area contributed by atoms with Crippen molar-refractivity contribution in [2.24, 2.45) is 0 Å². The number of rotatable bonds is 10. The summed E-state index contributed by atoms with van der Waals surface area (Å²) < 4.78 is 10.5. The first-order chi connectivity index (χ1) is 10.2. The molecule has 6 heteroatoms. The number of ether oxygens (including phenoxy) is 2. The number of methoxy groups -OCH3 is 1. The molecule has 0 atom stereocenters. The van der Waals surface area contributed by atoms with Gasteiger partial charge in [0.15, 0.2) is 6.61 Å². The summed E-state index contributed by atoms with van der Waals surface area (Å²) in [4.78, 5) is 11.6. The molecule has 0 unspecified atom stereocenters. The highest BCUT2D eigenvalue weighted by molar-refractivity contribution is 6.32. The zero-order valence-corrected chi connectivity index (χ0v) is 13.3. The Bertz CT molecular complexity index is 441. The number of carbonyl (C=O) groups is 1. The third-order valence-corrected chi connectivity index (χ3v) is 3.06. The number of benzene rings is 1. The molecule has 0 saturated carbocycles. The highest BCUT2D eigenvalue weighted by Crippen LogP contribution is 2.28. The first-order valence-corrected chi connectivity index (χ1v) is 7.43. The predicted molar refractivity (Wildman–Crippen MR) is 83.8 cm³/mol. The predicted octanol–water partition coefficient (Wildman–Crippen LogP) is 1.98. The second-order valence-corrected chi connectivity index (χ2v) is 4.94. The molecule has 2 N–H and O–H groups in total. The fourth-order valence-corrected chi connectivity index (χ4v) is 1.95. The molecule has 0 fully saturated rings. The summed E-state index contributed by atoms with van der Waals surface area (Å²) in [6, 6.07) is 5.53. The van der Waals surface area contributed by atoms with Crippen LogP contribution in [0.3, 0.4) is 0 Å². The standard InChI is InChI=1S/C15H23ClN2O3/c1-3-7-18-14(19)11-21-15-12(5-4-6-13(15)16)10-17-8-9-20-2/h4-6,17H,3,7-11H2,1-2H3,(H,18,19). The molecule has 1 rings (SSSR count). The minimum Gasteiger partial charge on any atom is -0.482 e. The summed E-state index contributed by atoms with van der Waals surface area (Å²) in [6.45, 7) is 4.59. The lowest BCUT2D eigenvalue weighted by Gasteiger charge is -2.13. The molecular weight excluding hydrogens is 292 g/mol. The van der Waals surface area contributed by atoms with Gasteiger partial charge in [0, 0.05) is 32.3 Å². The van der Waals surface area contributed by atoms with Crippen LogP contribution in [-0.4, -0.2) is 39.3 Å². The van der Waals surface area contributed by atoms with Crippen LogP contribution in [0.4, 0.5) is 0 Å². The lowest BCUT2D eigenvalue weighted by atomic mass is 10.2. The fourth-order valence-electron chi connectivity index (χ4n) is 1.70. The number of carbonyl (C=O) groups excluding carboxylic acids is 1. The van der Waals surface area contributed by atoms with Gasteiger partial charge in [0.05, 0.1) is 11.6 Å². The molecule has 0 heterocycles. The van der Waals surface area contributed by atoms with Gasteiger partial charge in [-0.05, 0) is 12.5 Å². The molecule has 0 bridgehead atoms. The van der Waals surface area contributed by atoms with Crippen LogP contribution in [0.5, 0.6) is 5.75 Å². The maximum absolute atomic E-state index is 11.6. The van der Waals surface area contributed by atoms with Gasteiger partial charge in [-0.3, -0.25) is 4.79 Å². The largest absolute Gasteiger partial charge is 0.482 e. The van der Waals surface area contributed by atoms with E-state index in [-0.39, 0.29) is 12.5 Å². The molecular formula is C15H23ClN2O3. The van der Waals surface area contributed by atoms with Crippen molar-refractivity contribution in [3.63, 3.8) is 0 Å². The summed E-state index contributed by atoms with van der Waals surface area (Å²) in [7, 11) is 1.66. The maximum atomic E-state index is 11.6. The van der Waals surface area contributed by atoms with Gasteiger partial charge in [-0.25, -0.2) is 0 Å². The normalized spacial score (nSPS) is 10.4. The molecule has 0 aromatic heterocycles. The summed E-state index contributed by atoms with van der Waals surface area (Å²) in [5, 5.41) is 6.49. The first kappa shape index (κ1) is 17.8. The van der Waals surface area contributed by atoms with Crippen LogP contribution in [0.2, 0.25) is 5.02 Å². The average Bonchev–Trinajstić information content (AvgIpc) is 2.48. The van der Waals surface area contributed by atoms with Crippen molar-refractivity contribution in [2.45, 2.75) is 19.9 Å². The summed E-state index contributed by atoms with van der Waals surface area (Å²) in [6.07, 6.45) is 0.895. The second-order valence-electron chi connectivity index (χ2n) is 4.54. The van der Waals surface area contributed by atoms with E-state index in [1.54, 1.807) is 13.2 Å². The van der Waals surface area contributed by atoms with Gasteiger partial charge in [-0.2, -0.15) is 0 Å². The minimum absolute atomic E-state index is 0.0329. The Morgan fingerprint density at radius 3 is 2.86 bits per heavy atom. The van der Waals surface area contributed by atoms with Crippen molar-refractivity contribution >= 4 is 17.5 Å². The summed E-state index contributed by atoms with van der Waals surface area (Å²) in [5.41, 5.74) is 0.918. The number of nitrogens with one attached hydrogen (secondary N) is 2. The molecule has 118 valence electrons. The molecule has 0 aliphatic carbocycles. The molecule has 0 spiro atoms. The zero-order valence-electron chi connectivity index (χ0n) is 12.6. The Labute approximate surface area is 131 Å². The highest BCUT2D eigenvalue weighted by atomic mass is 35.5. The number of para-hydroxylation sites is 1. The topological polar surface area (TPSA) is 59.6 Å². The van der Waals surface area contributed by atoms with Crippen molar-refractivity contribution in [1.82, 2.24) is 10.6 Å². The molecule has 0 aliphatic heterocycles. The Morgan fingerprint density at radius 2 is 2.14 bits per heavy atom. The zero-order chi connectivity index (χ0) is 15.5. The summed E-state index contributed by atoms with van der Waals surface area (Å²) >= 11 is 6.15. The van der Waals surface area contributed by atoms with Crippen molar-refractivity contribution < 1.29 is 14.3 Å². The average molecular weight is 315 g/mol. The highest BCUT2D eigenvalue weighted by Gasteiger charge is 2.10. The van der Waals surface area contributed by atoms with Crippen LogP contribution in [0.15, 0.2) is 18.2 Å². The molecule has 1 aromatic carbocycles. The summed E-state index contributed by atoms with van der Waals surface area (Å²) in [5.74, 6) is 0.408. The van der Waals surface area contributed by atoms with Gasteiger partial charge in [-0.1, -0.05) is 30.7 Å². The second kappa shape index (κ2) is 10.4. The minimum atomic E-state index is -0.143. The van der Waals surface area contributed by atoms with E-state index in [4.69, 9.17) is 21.1 Å². The lowest BCUT2D eigenvalue weighted by molar-refractivity contribution is -0.123. The Morgan fingerprint density at radius 1 is 1.33 bits per heavy atom. The van der Waals surface area contributed by atoms with Crippen LogP contribution in [0.1, 0.15) is 18.9 Å². The van der Waals surface area contributed by atoms with E-state index >= 15 is 0 Å². The SMILES string of the molecule is CCCNC(=O)COc1c(Cl)cccc1CNCCOC. The quantitative estimate of drug-likeness (QED) is 0.648. The number of hydrogen-bond donors (Lipinski definition) is 2. The van der Waals surface area contributed by atoms with Crippen LogP contribution in [0, 0.1) is 0 Å². The van der Waals surface area contributed by atoms with Crippen LogP contribution in [-0.2, 0) is 16.1 Å². The molecule has 0 radical (unpaired) electrons. The van der Waals surface area contributed by atoms with E-state index < -0.39 is 0 Å². The molecule has 1 amide bonds. The monoisotopic (exact) mass is 314 g/mol. The van der Waals surface area contributed by atoms with E-state index in [9.17, 15) is 4.79 Å². The Hall–Kier alpha value is -1.30. The van der Waals surface area contributed by atoms with E-state index in [0.29, 0.717) is 30.5 Å². The maximum Gasteiger partial charge on any atom is 0.257 e. The Balaban J connectivity index is 2.56. The smallest absolute Gasteiger partial charge is 0.257 e. The van der Waals surface area contributed by atoms with Crippen molar-refractivity contribution in [3.8, 4) is 5.75 Å². The van der Waals surface area contributed by atoms with Crippen LogP contribution in [0.25, 0.3) is 0 Å². The van der Waals surface area contributed by atoms with Gasteiger partial charge < -0.3 is 20.1 Å². The molecule has 21 heavy (non-hydrogen) atoms. The van der Waals surface area contributed by atoms with Gasteiger partial charge in [0.25, 0.3) is 5.91 Å². The third kappa shape index (κ3) is 6.80. The van der Waals surface area contributed by atoms with E-state index in [2.05, 4.69) is 10.6 Å². The van der Waals surface area contributed by atoms with Gasteiger partial charge in [0.2, 0.25) is 0 Å². The van der Waals surface area contributed by atoms with E-state index in [1.807, 2.05) is 19.1 Å². The molecule has 5 nitrogen and oxygen atoms in total. The fraction of sp³-hybridized carbons (Fsp3) is 0.533. The van der Waals surface area contributed by atoms with E-state index in [1.165, 1.54) is 0 Å². The molecule has 1 aromatic rings. The van der Waals surface area contributed by atoms with Crippen LogP contribution < -0.4 is 15.4 Å². The molecule has 0 aliphatic rings. The van der Waals surface area contributed by atoms with Crippen LogP contribution >= 0.6 is 11.6 Å². The van der Waals surface area contributed by atoms with Gasteiger partial charge in [-0.15, -0.1) is 0 Å². The van der Waals surface area contributed by atoms with Crippen molar-refractivity contribution in [1.29, 1.82) is 0 Å². The van der Waals surface area contributed by atoms with Gasteiger partial charge in [0.1, 0.15) is 5.75 Å². The van der Waals surface area contributed by atoms with E-state index in [0.717, 1.165) is 18.5 Å². The Kier molecular flexibility index (Phi) is 8.82. The number of halogens is 1. The number of amides is 1. The first-order valence-electron chi connectivity index (χ1n) is 7.05. The van der Waals surface area contributed by atoms with Crippen molar-refractivity contribution in [2.75, 3.05) is 33.4 Å². The third-order valence-electron chi connectivity index (χ3n) is 2.77. The molecule has 0 saturated heterocycles. The van der Waals surface area contributed by atoms with Gasteiger partial charge >= 0.3 is 0 Å².